The molecule has 0 aliphatic carbocycles. The lowest BCUT2D eigenvalue weighted by molar-refractivity contribution is -0.155. The van der Waals surface area contributed by atoms with Gasteiger partial charge in [-0.25, -0.2) is 4.79 Å². The van der Waals surface area contributed by atoms with Gasteiger partial charge in [-0.1, -0.05) is 20.3 Å². The van der Waals surface area contributed by atoms with E-state index in [2.05, 4.69) is 4.74 Å². The maximum Gasteiger partial charge on any atom is 0.335 e. The number of esters is 1. The molecule has 0 saturated carbocycles. The molecule has 0 aromatic carbocycles. The van der Waals surface area contributed by atoms with Gasteiger partial charge in [-0.2, -0.15) is 0 Å². The van der Waals surface area contributed by atoms with E-state index >= 15 is 0 Å². The highest BCUT2D eigenvalue weighted by Gasteiger charge is 2.21. The molecule has 2 atom stereocenters. The topological polar surface area (TPSA) is 46.5 Å². The van der Waals surface area contributed by atoms with Crippen LogP contribution in [0.3, 0.4) is 0 Å². The van der Waals surface area contributed by atoms with Crippen molar-refractivity contribution in [3.63, 3.8) is 0 Å². The number of hydrogen-bond acceptors (Lipinski definition) is 3. The van der Waals surface area contributed by atoms with Crippen molar-refractivity contribution in [3.8, 4) is 0 Å². The number of carbonyl (C=O) groups excluding carboxylic acids is 1. The lowest BCUT2D eigenvalue weighted by Gasteiger charge is -2.14. The van der Waals surface area contributed by atoms with Crippen molar-refractivity contribution in [1.29, 1.82) is 0 Å². The Morgan fingerprint density at radius 3 is 2.45 bits per heavy atom. The molecule has 3 nitrogen and oxygen atoms in total. The SMILES string of the molecule is CCOC(=O)[C@H](O)[C@@H](C)CC. The van der Waals surface area contributed by atoms with Gasteiger partial charge in [0.25, 0.3) is 0 Å². The molecule has 0 saturated heterocycles. The second-order valence-corrected chi connectivity index (χ2v) is 2.58. The third-order valence-corrected chi connectivity index (χ3v) is 1.71. The third-order valence-electron chi connectivity index (χ3n) is 1.71. The summed E-state index contributed by atoms with van der Waals surface area (Å²) < 4.78 is 4.64. The van der Waals surface area contributed by atoms with Crippen molar-refractivity contribution in [1.82, 2.24) is 0 Å². The molecule has 0 radical (unpaired) electrons. The van der Waals surface area contributed by atoms with E-state index in [1.54, 1.807) is 6.92 Å². The van der Waals surface area contributed by atoms with Gasteiger partial charge in [0.1, 0.15) is 0 Å². The van der Waals surface area contributed by atoms with E-state index in [9.17, 15) is 9.90 Å². The van der Waals surface area contributed by atoms with Gasteiger partial charge in [0.05, 0.1) is 6.61 Å². The Labute approximate surface area is 67.4 Å². The molecule has 0 fully saturated rings. The second kappa shape index (κ2) is 5.13. The van der Waals surface area contributed by atoms with Crippen LogP contribution in [-0.4, -0.2) is 23.8 Å². The van der Waals surface area contributed by atoms with Gasteiger partial charge < -0.3 is 9.84 Å². The number of aliphatic hydroxyl groups is 1. The Bertz CT molecular complexity index is 123. The number of aliphatic hydroxyl groups excluding tert-OH is 1. The van der Waals surface area contributed by atoms with Crippen LogP contribution in [-0.2, 0) is 9.53 Å². The summed E-state index contributed by atoms with van der Waals surface area (Å²) in [5.41, 5.74) is 0. The summed E-state index contributed by atoms with van der Waals surface area (Å²) in [6.07, 6.45) is -0.181. The molecule has 0 amide bonds. The summed E-state index contributed by atoms with van der Waals surface area (Å²) in [6.45, 7) is 5.79. The van der Waals surface area contributed by atoms with E-state index in [4.69, 9.17) is 0 Å². The van der Waals surface area contributed by atoms with E-state index in [0.717, 1.165) is 6.42 Å². The molecule has 0 heterocycles. The molecule has 0 aromatic heterocycles. The Morgan fingerprint density at radius 1 is 1.55 bits per heavy atom. The van der Waals surface area contributed by atoms with Crippen molar-refractivity contribution >= 4 is 5.97 Å². The van der Waals surface area contributed by atoms with Crippen molar-refractivity contribution in [2.24, 2.45) is 5.92 Å². The van der Waals surface area contributed by atoms with Crippen LogP contribution >= 0.6 is 0 Å². The van der Waals surface area contributed by atoms with E-state index in [1.807, 2.05) is 13.8 Å². The summed E-state index contributed by atoms with van der Waals surface area (Å²) in [5, 5.41) is 9.24. The Hall–Kier alpha value is -0.570. The molecular weight excluding hydrogens is 144 g/mol. The molecule has 0 aliphatic rings. The molecule has 0 unspecified atom stereocenters. The van der Waals surface area contributed by atoms with Gasteiger partial charge in [0.15, 0.2) is 6.10 Å². The fourth-order valence-electron chi connectivity index (χ4n) is 0.683. The van der Waals surface area contributed by atoms with Gasteiger partial charge in [0.2, 0.25) is 0 Å². The molecule has 66 valence electrons. The Morgan fingerprint density at radius 2 is 2.09 bits per heavy atom. The highest BCUT2D eigenvalue weighted by Crippen LogP contribution is 2.08. The van der Waals surface area contributed by atoms with E-state index < -0.39 is 12.1 Å². The van der Waals surface area contributed by atoms with E-state index in [-0.39, 0.29) is 5.92 Å². The molecule has 0 rings (SSSR count). The monoisotopic (exact) mass is 160 g/mol. The highest BCUT2D eigenvalue weighted by molar-refractivity contribution is 5.74. The van der Waals surface area contributed by atoms with Crippen molar-refractivity contribution in [3.05, 3.63) is 0 Å². The van der Waals surface area contributed by atoms with Gasteiger partial charge in [-0.3, -0.25) is 0 Å². The first-order valence-corrected chi connectivity index (χ1v) is 3.98. The van der Waals surface area contributed by atoms with Crippen LogP contribution in [0.4, 0.5) is 0 Å². The maximum absolute atomic E-state index is 10.9. The molecule has 11 heavy (non-hydrogen) atoms. The zero-order valence-electron chi connectivity index (χ0n) is 7.33. The van der Waals surface area contributed by atoms with Crippen molar-refractivity contribution in [2.45, 2.75) is 33.3 Å². The fourth-order valence-corrected chi connectivity index (χ4v) is 0.683. The van der Waals surface area contributed by atoms with Crippen LogP contribution in [0.15, 0.2) is 0 Å². The molecule has 0 bridgehead atoms. The summed E-state index contributed by atoms with van der Waals surface area (Å²) in [6, 6.07) is 0. The number of hydrogen-bond donors (Lipinski definition) is 1. The number of rotatable bonds is 4. The standard InChI is InChI=1S/C8H16O3/c1-4-6(3)7(9)8(10)11-5-2/h6-7,9H,4-5H2,1-3H3/t6-,7+/m0/s1. The molecule has 0 aromatic rings. The van der Waals surface area contributed by atoms with Crippen molar-refractivity contribution < 1.29 is 14.6 Å². The summed E-state index contributed by atoms with van der Waals surface area (Å²) >= 11 is 0. The summed E-state index contributed by atoms with van der Waals surface area (Å²) in [5.74, 6) is -0.532. The van der Waals surface area contributed by atoms with Crippen LogP contribution in [0.25, 0.3) is 0 Å². The van der Waals surface area contributed by atoms with Gasteiger partial charge in [-0.15, -0.1) is 0 Å². The zero-order chi connectivity index (χ0) is 8.85. The lowest BCUT2D eigenvalue weighted by Crippen LogP contribution is -2.29. The first-order valence-electron chi connectivity index (χ1n) is 3.98. The van der Waals surface area contributed by atoms with Crippen LogP contribution in [0.2, 0.25) is 0 Å². The first kappa shape index (κ1) is 10.4. The molecule has 1 N–H and O–H groups in total. The molecule has 0 spiro atoms. The first-order chi connectivity index (χ1) is 5.13. The second-order valence-electron chi connectivity index (χ2n) is 2.58. The molecule has 3 heteroatoms. The largest absolute Gasteiger partial charge is 0.464 e. The molecule has 0 aliphatic heterocycles. The Kier molecular flexibility index (Phi) is 4.86. The highest BCUT2D eigenvalue weighted by atomic mass is 16.5. The van der Waals surface area contributed by atoms with Gasteiger partial charge in [0, 0.05) is 0 Å². The normalized spacial score (nSPS) is 15.6. The zero-order valence-corrected chi connectivity index (χ0v) is 7.33. The fraction of sp³-hybridized carbons (Fsp3) is 0.875. The number of carbonyl (C=O) groups is 1. The Balaban J connectivity index is 3.80. The molecular formula is C8H16O3. The van der Waals surface area contributed by atoms with Crippen LogP contribution < -0.4 is 0 Å². The average molecular weight is 160 g/mol. The summed E-state index contributed by atoms with van der Waals surface area (Å²) in [4.78, 5) is 10.9. The lowest BCUT2D eigenvalue weighted by atomic mass is 10.0. The van der Waals surface area contributed by atoms with E-state index in [0.29, 0.717) is 6.61 Å². The minimum Gasteiger partial charge on any atom is -0.464 e. The van der Waals surface area contributed by atoms with Gasteiger partial charge >= 0.3 is 5.97 Å². The van der Waals surface area contributed by atoms with Crippen LogP contribution in [0.1, 0.15) is 27.2 Å². The minimum atomic E-state index is -0.958. The third kappa shape index (κ3) is 3.37. The quantitative estimate of drug-likeness (QED) is 0.623. The summed E-state index contributed by atoms with van der Waals surface area (Å²) in [7, 11) is 0. The number of ether oxygens (including phenoxy) is 1. The minimum absolute atomic E-state index is 0.0194. The van der Waals surface area contributed by atoms with Crippen LogP contribution in [0.5, 0.6) is 0 Å². The predicted octanol–water partition coefficient (Wildman–Crippen LogP) is 0.956. The van der Waals surface area contributed by atoms with Gasteiger partial charge in [-0.05, 0) is 12.8 Å². The van der Waals surface area contributed by atoms with Crippen LogP contribution in [0, 0.1) is 5.92 Å². The predicted molar refractivity (Wildman–Crippen MR) is 42.1 cm³/mol. The maximum atomic E-state index is 10.9. The average Bonchev–Trinajstić information content (AvgIpc) is 2.02. The van der Waals surface area contributed by atoms with Crippen molar-refractivity contribution in [2.75, 3.05) is 6.61 Å². The van der Waals surface area contributed by atoms with E-state index in [1.165, 1.54) is 0 Å². The smallest absolute Gasteiger partial charge is 0.335 e.